The zero-order valence-corrected chi connectivity index (χ0v) is 11.6. The molecule has 0 bridgehead atoms. The summed E-state index contributed by atoms with van der Waals surface area (Å²) in [5, 5.41) is 16.9. The summed E-state index contributed by atoms with van der Waals surface area (Å²) in [5.74, 6) is -0.147. The van der Waals surface area contributed by atoms with Crippen molar-refractivity contribution in [1.29, 1.82) is 0 Å². The summed E-state index contributed by atoms with van der Waals surface area (Å²) < 4.78 is 0. The first-order valence-corrected chi connectivity index (χ1v) is 6.79. The topological polar surface area (TPSA) is 95.2 Å². The zero-order valence-electron chi connectivity index (χ0n) is 11.6. The Balaban J connectivity index is 2.13. The molecule has 1 saturated heterocycles. The first kappa shape index (κ1) is 13.9. The number of carbonyl (C=O) groups is 1. The number of H-pyrrole nitrogens is 1. The number of amides is 1. The Labute approximate surface area is 113 Å². The van der Waals surface area contributed by atoms with E-state index in [1.165, 1.54) is 0 Å². The number of hydrogen-bond donors (Lipinski definition) is 3. The molecule has 6 heteroatoms. The Bertz CT molecular complexity index is 467. The van der Waals surface area contributed by atoms with E-state index >= 15 is 0 Å². The molecule has 1 aliphatic heterocycles. The molecule has 0 radical (unpaired) electrons. The Morgan fingerprint density at radius 3 is 2.89 bits per heavy atom. The molecule has 1 amide bonds. The third-order valence-electron chi connectivity index (χ3n) is 3.79. The normalized spacial score (nSPS) is 24.3. The Morgan fingerprint density at radius 1 is 1.53 bits per heavy atom. The van der Waals surface area contributed by atoms with Gasteiger partial charge in [0.15, 0.2) is 5.69 Å². The molecular weight excluding hydrogens is 244 g/mol. The standard InChI is InChI=1S/C13H22N4O2/c1-3-9-10(14)11(16-15-9)12(18)17-7-4-5-13(2,19)6-8-17/h19H,3-8,14H2,1-2H3,(H,15,16). The average molecular weight is 266 g/mol. The molecular formula is C13H22N4O2. The van der Waals surface area contributed by atoms with Gasteiger partial charge in [0.1, 0.15) is 0 Å². The van der Waals surface area contributed by atoms with Gasteiger partial charge in [0.25, 0.3) is 5.91 Å². The molecule has 0 aliphatic carbocycles. The maximum absolute atomic E-state index is 12.4. The SMILES string of the molecule is CCc1[nH]nc(C(=O)N2CCCC(C)(O)CC2)c1N. The average Bonchev–Trinajstić information content (AvgIpc) is 2.63. The van der Waals surface area contributed by atoms with Crippen molar-refractivity contribution >= 4 is 11.6 Å². The molecule has 6 nitrogen and oxygen atoms in total. The Hall–Kier alpha value is -1.56. The van der Waals surface area contributed by atoms with Crippen molar-refractivity contribution < 1.29 is 9.90 Å². The molecule has 1 aromatic heterocycles. The number of aromatic nitrogens is 2. The fraction of sp³-hybridized carbons (Fsp3) is 0.692. The first-order chi connectivity index (χ1) is 8.94. The maximum Gasteiger partial charge on any atom is 0.276 e. The number of aromatic amines is 1. The van der Waals surface area contributed by atoms with Gasteiger partial charge in [-0.3, -0.25) is 9.89 Å². The van der Waals surface area contributed by atoms with Crippen LogP contribution < -0.4 is 5.73 Å². The van der Waals surface area contributed by atoms with Crippen LogP contribution in [0.15, 0.2) is 0 Å². The molecule has 2 heterocycles. The zero-order chi connectivity index (χ0) is 14.0. The Morgan fingerprint density at radius 2 is 2.26 bits per heavy atom. The van der Waals surface area contributed by atoms with Crippen molar-refractivity contribution in [3.63, 3.8) is 0 Å². The number of hydrogen-bond acceptors (Lipinski definition) is 4. The van der Waals surface area contributed by atoms with Gasteiger partial charge in [-0.25, -0.2) is 0 Å². The van der Waals surface area contributed by atoms with Gasteiger partial charge in [0, 0.05) is 13.1 Å². The van der Waals surface area contributed by atoms with E-state index < -0.39 is 5.60 Å². The van der Waals surface area contributed by atoms with Crippen LogP contribution in [0, 0.1) is 0 Å². The number of aryl methyl sites for hydroxylation is 1. The molecule has 1 fully saturated rings. The number of anilines is 1. The van der Waals surface area contributed by atoms with Crippen molar-refractivity contribution in [2.75, 3.05) is 18.8 Å². The van der Waals surface area contributed by atoms with Crippen molar-refractivity contribution in [2.24, 2.45) is 0 Å². The highest BCUT2D eigenvalue weighted by Gasteiger charge is 2.29. The molecule has 4 N–H and O–H groups in total. The lowest BCUT2D eigenvalue weighted by molar-refractivity contribution is 0.0437. The van der Waals surface area contributed by atoms with Crippen LogP contribution in [-0.4, -0.2) is 44.8 Å². The fourth-order valence-electron chi connectivity index (χ4n) is 2.44. The maximum atomic E-state index is 12.4. The molecule has 0 spiro atoms. The first-order valence-electron chi connectivity index (χ1n) is 6.79. The van der Waals surface area contributed by atoms with Crippen LogP contribution in [0.2, 0.25) is 0 Å². The smallest absolute Gasteiger partial charge is 0.276 e. The van der Waals surface area contributed by atoms with E-state index in [1.54, 1.807) is 4.90 Å². The van der Waals surface area contributed by atoms with Crippen LogP contribution in [0.1, 0.15) is 49.3 Å². The molecule has 1 unspecified atom stereocenters. The number of nitrogen functional groups attached to an aromatic ring is 1. The van der Waals surface area contributed by atoms with Crippen molar-refractivity contribution in [3.8, 4) is 0 Å². The van der Waals surface area contributed by atoms with Crippen LogP contribution in [-0.2, 0) is 6.42 Å². The van der Waals surface area contributed by atoms with Gasteiger partial charge in [0.2, 0.25) is 0 Å². The second kappa shape index (κ2) is 5.21. The highest BCUT2D eigenvalue weighted by molar-refractivity contribution is 5.97. The minimum absolute atomic E-state index is 0.147. The third-order valence-corrected chi connectivity index (χ3v) is 3.79. The van der Waals surface area contributed by atoms with Crippen molar-refractivity contribution in [3.05, 3.63) is 11.4 Å². The van der Waals surface area contributed by atoms with Gasteiger partial charge in [-0.2, -0.15) is 5.10 Å². The lowest BCUT2D eigenvalue weighted by Crippen LogP contribution is -2.34. The summed E-state index contributed by atoms with van der Waals surface area (Å²) in [6.07, 6.45) is 2.82. The minimum atomic E-state index is -0.680. The monoisotopic (exact) mass is 266 g/mol. The summed E-state index contributed by atoms with van der Waals surface area (Å²) in [5.41, 5.74) is 6.79. The van der Waals surface area contributed by atoms with Crippen molar-refractivity contribution in [2.45, 2.75) is 45.1 Å². The Kier molecular flexibility index (Phi) is 3.80. The van der Waals surface area contributed by atoms with Crippen LogP contribution >= 0.6 is 0 Å². The van der Waals surface area contributed by atoms with E-state index in [9.17, 15) is 9.90 Å². The number of nitrogens with two attached hydrogens (primary N) is 1. The number of rotatable bonds is 2. The number of nitrogens with one attached hydrogen (secondary N) is 1. The summed E-state index contributed by atoms with van der Waals surface area (Å²) in [7, 11) is 0. The third kappa shape index (κ3) is 2.89. The quantitative estimate of drug-likeness (QED) is 0.742. The molecule has 0 aromatic carbocycles. The van der Waals surface area contributed by atoms with Gasteiger partial charge in [-0.15, -0.1) is 0 Å². The second-order valence-electron chi connectivity index (χ2n) is 5.46. The fourth-order valence-corrected chi connectivity index (χ4v) is 2.44. The van der Waals surface area contributed by atoms with Gasteiger partial charge < -0.3 is 15.7 Å². The van der Waals surface area contributed by atoms with Crippen LogP contribution in [0.4, 0.5) is 5.69 Å². The van der Waals surface area contributed by atoms with Crippen LogP contribution in [0.5, 0.6) is 0 Å². The van der Waals surface area contributed by atoms with Crippen LogP contribution in [0.25, 0.3) is 0 Å². The van der Waals surface area contributed by atoms with Gasteiger partial charge in [-0.1, -0.05) is 6.92 Å². The van der Waals surface area contributed by atoms with E-state index in [1.807, 2.05) is 13.8 Å². The molecule has 2 rings (SSSR count). The predicted octanol–water partition coefficient (Wildman–Crippen LogP) is 0.931. The van der Waals surface area contributed by atoms with E-state index in [-0.39, 0.29) is 5.91 Å². The van der Waals surface area contributed by atoms with Gasteiger partial charge >= 0.3 is 0 Å². The highest BCUT2D eigenvalue weighted by atomic mass is 16.3. The summed E-state index contributed by atoms with van der Waals surface area (Å²) in [6, 6.07) is 0. The van der Waals surface area contributed by atoms with Crippen LogP contribution in [0.3, 0.4) is 0 Å². The number of likely N-dealkylation sites (tertiary alicyclic amines) is 1. The molecule has 19 heavy (non-hydrogen) atoms. The van der Waals surface area contributed by atoms with Gasteiger partial charge in [-0.05, 0) is 32.6 Å². The summed E-state index contributed by atoms with van der Waals surface area (Å²) >= 11 is 0. The van der Waals surface area contributed by atoms with E-state index in [0.717, 1.165) is 18.5 Å². The number of carbonyl (C=O) groups excluding carboxylic acids is 1. The minimum Gasteiger partial charge on any atom is -0.395 e. The molecule has 106 valence electrons. The lowest BCUT2D eigenvalue weighted by Gasteiger charge is -2.22. The summed E-state index contributed by atoms with van der Waals surface area (Å²) in [6.45, 7) is 4.96. The lowest BCUT2D eigenvalue weighted by atomic mass is 9.98. The second-order valence-corrected chi connectivity index (χ2v) is 5.46. The van der Waals surface area contributed by atoms with Gasteiger partial charge in [0.05, 0.1) is 17.0 Å². The molecule has 0 saturated carbocycles. The van der Waals surface area contributed by atoms with E-state index in [2.05, 4.69) is 10.2 Å². The van der Waals surface area contributed by atoms with E-state index in [0.29, 0.717) is 37.3 Å². The predicted molar refractivity (Wildman–Crippen MR) is 72.8 cm³/mol. The summed E-state index contributed by atoms with van der Waals surface area (Å²) in [4.78, 5) is 14.1. The number of nitrogens with zero attached hydrogens (tertiary/aromatic N) is 2. The highest BCUT2D eigenvalue weighted by Crippen LogP contribution is 2.23. The molecule has 1 atom stereocenters. The molecule has 1 aromatic rings. The van der Waals surface area contributed by atoms with E-state index in [4.69, 9.17) is 5.73 Å². The molecule has 1 aliphatic rings. The number of aliphatic hydroxyl groups is 1. The largest absolute Gasteiger partial charge is 0.395 e. The van der Waals surface area contributed by atoms with Crippen molar-refractivity contribution in [1.82, 2.24) is 15.1 Å².